The Bertz CT molecular complexity index is 636. The molecule has 0 bridgehead atoms. The van der Waals surface area contributed by atoms with Crippen molar-refractivity contribution in [1.82, 2.24) is 0 Å². The lowest BCUT2D eigenvalue weighted by atomic mass is 9.44. The maximum atomic E-state index is 11.4. The van der Waals surface area contributed by atoms with Gasteiger partial charge >= 0.3 is 0 Å². The molecular weight excluding hydrogens is 390 g/mol. The lowest BCUT2D eigenvalue weighted by molar-refractivity contribution is -0.118. The van der Waals surface area contributed by atoms with Crippen molar-refractivity contribution in [3.05, 3.63) is 4.91 Å². The quantitative estimate of drug-likeness (QED) is 0.232. The molecule has 3 heteroatoms. The normalized spacial score (nSPS) is 49.2. The second-order valence-electron chi connectivity index (χ2n) is 12.9. The number of alkyl halides is 1. The van der Waals surface area contributed by atoms with E-state index < -0.39 is 5.00 Å². The molecule has 4 rings (SSSR count). The van der Waals surface area contributed by atoms with E-state index in [1.807, 2.05) is 0 Å². The summed E-state index contributed by atoms with van der Waals surface area (Å²) in [6.07, 6.45) is 15.3. The van der Waals surface area contributed by atoms with E-state index in [2.05, 4.69) is 39.8 Å². The lowest BCUT2D eigenvalue weighted by Gasteiger charge is -2.61. The van der Waals surface area contributed by atoms with E-state index >= 15 is 0 Å². The number of fused-ring (bicyclic) bond motifs is 5. The third kappa shape index (κ3) is 3.80. The van der Waals surface area contributed by atoms with Crippen LogP contribution in [0.2, 0.25) is 0 Å². The molecule has 0 heterocycles. The van der Waals surface area contributed by atoms with Gasteiger partial charge in [0.2, 0.25) is 0 Å². The van der Waals surface area contributed by atoms with Crippen molar-refractivity contribution in [2.24, 2.45) is 57.4 Å². The van der Waals surface area contributed by atoms with Crippen LogP contribution in [0.3, 0.4) is 0 Å². The predicted molar refractivity (Wildman–Crippen MR) is 127 cm³/mol. The molecule has 0 aromatic heterocycles. The van der Waals surface area contributed by atoms with Crippen molar-refractivity contribution in [3.8, 4) is 0 Å². The average molecular weight is 436 g/mol. The molecule has 0 radical (unpaired) electrons. The van der Waals surface area contributed by atoms with E-state index in [0.717, 1.165) is 54.8 Å². The van der Waals surface area contributed by atoms with Crippen LogP contribution in [0.5, 0.6) is 0 Å². The molecule has 4 saturated carbocycles. The van der Waals surface area contributed by atoms with E-state index in [-0.39, 0.29) is 0 Å². The molecule has 9 atom stereocenters. The molecule has 0 saturated heterocycles. The molecule has 172 valence electrons. The van der Waals surface area contributed by atoms with Crippen LogP contribution < -0.4 is 0 Å². The largest absolute Gasteiger partial charge is 0.175 e. The first-order valence-corrected chi connectivity index (χ1v) is 13.5. The molecule has 4 fully saturated rings. The number of rotatable bonds is 6. The fourth-order valence-corrected chi connectivity index (χ4v) is 9.59. The predicted octanol–water partition coefficient (Wildman–Crippen LogP) is 8.81. The number of halogens is 1. The highest BCUT2D eigenvalue weighted by atomic mass is 35.5. The van der Waals surface area contributed by atoms with Crippen molar-refractivity contribution >= 4 is 11.6 Å². The topological polar surface area (TPSA) is 29.4 Å². The molecular formula is C27H46ClNO. The van der Waals surface area contributed by atoms with Crippen LogP contribution in [0, 0.1) is 57.2 Å². The Balaban J connectivity index is 1.47. The summed E-state index contributed by atoms with van der Waals surface area (Å²) in [6.45, 7) is 12.5. The number of hydrogen-bond donors (Lipinski definition) is 0. The molecule has 0 aromatic rings. The third-order valence-electron chi connectivity index (χ3n) is 11.0. The lowest BCUT2D eigenvalue weighted by Crippen LogP contribution is -2.55. The van der Waals surface area contributed by atoms with Crippen LogP contribution in [0.4, 0.5) is 0 Å². The molecule has 30 heavy (non-hydrogen) atoms. The maximum absolute atomic E-state index is 11.4. The molecule has 0 N–H and O–H groups in total. The molecule has 2 nitrogen and oxygen atoms in total. The second kappa shape index (κ2) is 8.35. The summed E-state index contributed by atoms with van der Waals surface area (Å²) in [5.41, 5.74) is 0.950. The van der Waals surface area contributed by atoms with Gasteiger partial charge in [0.25, 0.3) is 0 Å². The summed E-state index contributed by atoms with van der Waals surface area (Å²) in [7, 11) is 0. The van der Waals surface area contributed by atoms with Gasteiger partial charge in [-0.05, 0) is 115 Å². The zero-order valence-corrected chi connectivity index (χ0v) is 21.0. The van der Waals surface area contributed by atoms with Gasteiger partial charge in [0.15, 0.2) is 5.00 Å². The zero-order chi connectivity index (χ0) is 21.7. The van der Waals surface area contributed by atoms with Gasteiger partial charge in [-0.25, -0.2) is 0 Å². The molecule has 0 spiro atoms. The van der Waals surface area contributed by atoms with Crippen LogP contribution in [0.15, 0.2) is 5.18 Å². The van der Waals surface area contributed by atoms with Crippen molar-refractivity contribution < 1.29 is 0 Å². The second-order valence-corrected chi connectivity index (χ2v) is 13.6. The van der Waals surface area contributed by atoms with Gasteiger partial charge in [-0.15, -0.1) is 4.91 Å². The highest BCUT2D eigenvalue weighted by molar-refractivity contribution is 6.23. The van der Waals surface area contributed by atoms with Crippen molar-refractivity contribution in [2.45, 2.75) is 117 Å². The summed E-state index contributed by atoms with van der Waals surface area (Å²) >= 11 is 6.56. The fraction of sp³-hybridized carbons (Fsp3) is 1.00. The summed E-state index contributed by atoms with van der Waals surface area (Å²) in [4.78, 5) is 10.5. The first-order valence-electron chi connectivity index (χ1n) is 13.2. The van der Waals surface area contributed by atoms with E-state index in [0.29, 0.717) is 16.7 Å². The van der Waals surface area contributed by atoms with Gasteiger partial charge < -0.3 is 0 Å². The van der Waals surface area contributed by atoms with E-state index in [9.17, 15) is 4.91 Å². The molecule has 4 aliphatic carbocycles. The Morgan fingerprint density at radius 2 is 1.63 bits per heavy atom. The number of hydrogen-bond acceptors (Lipinski definition) is 2. The van der Waals surface area contributed by atoms with Gasteiger partial charge in [0, 0.05) is 0 Å². The minimum Gasteiger partial charge on any atom is -0.149 e. The number of nitrogens with zero attached hydrogens (tertiary/aromatic N) is 1. The highest BCUT2D eigenvalue weighted by Crippen LogP contribution is 2.69. The van der Waals surface area contributed by atoms with Crippen LogP contribution in [-0.4, -0.2) is 5.00 Å². The Morgan fingerprint density at radius 3 is 2.33 bits per heavy atom. The van der Waals surface area contributed by atoms with E-state index in [4.69, 9.17) is 11.6 Å². The summed E-state index contributed by atoms with van der Waals surface area (Å²) in [5.74, 6) is 5.93. The monoisotopic (exact) mass is 435 g/mol. The molecule has 0 amide bonds. The van der Waals surface area contributed by atoms with Crippen molar-refractivity contribution in [1.29, 1.82) is 0 Å². The fourth-order valence-electron chi connectivity index (χ4n) is 9.31. The smallest absolute Gasteiger partial charge is 0.149 e. The minimum absolute atomic E-state index is 0.383. The zero-order valence-electron chi connectivity index (χ0n) is 20.3. The van der Waals surface area contributed by atoms with E-state index in [1.54, 1.807) is 0 Å². The highest BCUT2D eigenvalue weighted by Gasteiger charge is 2.61. The SMILES string of the molecule is CC(C)CCC[C@@H](C)[C@@H]1CC[C@@H]2[C@H]3CC[C@H]4C[C@](Cl)(N=O)CC[C@]4(C)[C@@H]3CC[C@]21C. The van der Waals surface area contributed by atoms with Crippen LogP contribution in [0.1, 0.15) is 112 Å². The Hall–Kier alpha value is -0.110. The molecule has 4 aliphatic rings. The first-order chi connectivity index (χ1) is 14.1. The first kappa shape index (κ1) is 23.1. The van der Waals surface area contributed by atoms with Crippen LogP contribution >= 0.6 is 11.6 Å². The van der Waals surface area contributed by atoms with Crippen LogP contribution in [0.25, 0.3) is 0 Å². The number of nitroso groups, excluding NO2 is 1. The minimum atomic E-state index is -0.815. The molecule has 0 aromatic carbocycles. The molecule has 0 unspecified atom stereocenters. The maximum Gasteiger partial charge on any atom is 0.175 e. The summed E-state index contributed by atoms with van der Waals surface area (Å²) in [5, 5.41) is 3.35. The van der Waals surface area contributed by atoms with Gasteiger partial charge in [0.1, 0.15) is 0 Å². The third-order valence-corrected chi connectivity index (χ3v) is 11.4. The van der Waals surface area contributed by atoms with Gasteiger partial charge in [-0.1, -0.05) is 65.5 Å². The van der Waals surface area contributed by atoms with Gasteiger partial charge in [-0.2, -0.15) is 0 Å². The van der Waals surface area contributed by atoms with Crippen LogP contribution in [-0.2, 0) is 0 Å². The van der Waals surface area contributed by atoms with Gasteiger partial charge in [0.05, 0.1) is 0 Å². The summed E-state index contributed by atoms with van der Waals surface area (Å²) in [6, 6.07) is 0. The molecule has 0 aliphatic heterocycles. The Labute approximate surface area is 190 Å². The van der Waals surface area contributed by atoms with Gasteiger partial charge in [-0.3, -0.25) is 0 Å². The average Bonchev–Trinajstić information content (AvgIpc) is 3.05. The van der Waals surface area contributed by atoms with Crippen molar-refractivity contribution in [3.63, 3.8) is 0 Å². The Morgan fingerprint density at radius 1 is 0.900 bits per heavy atom. The standard InChI is InChI=1S/C27H46ClNO/c1-18(2)7-6-8-19(3)22-11-12-23-21-10-9-20-17-27(28,29-30)16-15-25(20,4)24(21)13-14-26(22,23)5/h18-24H,6-17H2,1-5H3/t19-,20+,21-,22+,23-,24-,25+,26+,27-/m1/s1. The summed E-state index contributed by atoms with van der Waals surface area (Å²) < 4.78 is 0. The van der Waals surface area contributed by atoms with E-state index in [1.165, 1.54) is 57.8 Å². The van der Waals surface area contributed by atoms with Crippen molar-refractivity contribution in [2.75, 3.05) is 0 Å². The Kier molecular flexibility index (Phi) is 6.42.